The van der Waals surface area contributed by atoms with Crippen LogP contribution in [0.1, 0.15) is 111 Å². The third-order valence-corrected chi connectivity index (χ3v) is 5.59. The molecule has 5 heteroatoms. The summed E-state index contributed by atoms with van der Waals surface area (Å²) in [6.07, 6.45) is 21.9. The average molecular weight is 467 g/mol. The highest BCUT2D eigenvalue weighted by Gasteiger charge is 2.14. The molecule has 192 valence electrons. The quantitative estimate of drug-likeness (QED) is 0.0644. The van der Waals surface area contributed by atoms with Crippen LogP contribution in [0.2, 0.25) is 0 Å². The zero-order valence-corrected chi connectivity index (χ0v) is 21.7. The highest BCUT2D eigenvalue weighted by Crippen LogP contribution is 2.17. The van der Waals surface area contributed by atoms with E-state index in [0.29, 0.717) is 26.1 Å². The molecule has 33 heavy (non-hydrogen) atoms. The van der Waals surface area contributed by atoms with Gasteiger partial charge in [-0.2, -0.15) is 0 Å². The van der Waals surface area contributed by atoms with Crippen LogP contribution in [0, 0.1) is 5.92 Å². The van der Waals surface area contributed by atoms with Crippen LogP contribution in [0.5, 0.6) is 0 Å². The molecule has 0 bridgehead atoms. The molecule has 0 aromatic heterocycles. The summed E-state index contributed by atoms with van der Waals surface area (Å²) in [6, 6.07) is 0. The van der Waals surface area contributed by atoms with Crippen LogP contribution >= 0.6 is 0 Å². The van der Waals surface area contributed by atoms with Crippen molar-refractivity contribution in [3.63, 3.8) is 0 Å². The molecule has 0 N–H and O–H groups in total. The Morgan fingerprint density at radius 3 is 2.15 bits per heavy atom. The van der Waals surface area contributed by atoms with Gasteiger partial charge in [-0.25, -0.2) is 0 Å². The van der Waals surface area contributed by atoms with Crippen molar-refractivity contribution in [1.82, 2.24) is 0 Å². The molecule has 0 aromatic carbocycles. The number of esters is 1. The largest absolute Gasteiger partial charge is 0.467 e. The standard InChI is InChI=1S/C28H50O5/c1-4-7-9-11-12-13-14-16-21-31-23-27(24-32-25-29)26(19-15-10-8-5-2)20-17-22-33-28(30)18-6-3/h17,19-20,25,27H,4-16,18,21-24H2,1-3H3/b20-17-,26-19+. The molecule has 0 heterocycles. The molecule has 0 amide bonds. The van der Waals surface area contributed by atoms with Crippen molar-refractivity contribution >= 4 is 12.4 Å². The molecule has 0 spiro atoms. The van der Waals surface area contributed by atoms with Gasteiger partial charge in [0.05, 0.1) is 6.61 Å². The van der Waals surface area contributed by atoms with E-state index in [9.17, 15) is 9.59 Å². The SMILES string of the molecule is CCCCC/C=C(\C=C/COC(=O)CCC)C(COC=O)COCCCCCCCCCC. The van der Waals surface area contributed by atoms with Crippen LogP contribution < -0.4 is 0 Å². The molecule has 5 nitrogen and oxygen atoms in total. The lowest BCUT2D eigenvalue weighted by molar-refractivity contribution is -0.142. The summed E-state index contributed by atoms with van der Waals surface area (Å²) >= 11 is 0. The van der Waals surface area contributed by atoms with Crippen LogP contribution in [0.15, 0.2) is 23.8 Å². The van der Waals surface area contributed by atoms with Crippen molar-refractivity contribution in [3.05, 3.63) is 23.8 Å². The predicted octanol–water partition coefficient (Wildman–Crippen LogP) is 7.34. The van der Waals surface area contributed by atoms with Crippen LogP contribution in [-0.2, 0) is 23.8 Å². The van der Waals surface area contributed by atoms with E-state index in [0.717, 1.165) is 37.9 Å². The number of rotatable bonds is 24. The van der Waals surface area contributed by atoms with Crippen LogP contribution in [-0.4, -0.2) is 38.9 Å². The number of ether oxygens (including phenoxy) is 3. The van der Waals surface area contributed by atoms with Crippen LogP contribution in [0.4, 0.5) is 0 Å². The van der Waals surface area contributed by atoms with E-state index in [1.165, 1.54) is 57.8 Å². The molecule has 0 radical (unpaired) electrons. The Kier molecular flexibility index (Phi) is 23.8. The van der Waals surface area contributed by atoms with Gasteiger partial charge in [0.2, 0.25) is 0 Å². The second-order valence-corrected chi connectivity index (χ2v) is 8.71. The molecule has 0 aromatic rings. The lowest BCUT2D eigenvalue weighted by Crippen LogP contribution is -2.18. The van der Waals surface area contributed by atoms with Crippen molar-refractivity contribution in [1.29, 1.82) is 0 Å². The van der Waals surface area contributed by atoms with Gasteiger partial charge >= 0.3 is 5.97 Å². The van der Waals surface area contributed by atoms with Crippen molar-refractivity contribution in [2.45, 2.75) is 111 Å². The van der Waals surface area contributed by atoms with Gasteiger partial charge in [-0.05, 0) is 37.3 Å². The highest BCUT2D eigenvalue weighted by atomic mass is 16.5. The van der Waals surface area contributed by atoms with Gasteiger partial charge in [0, 0.05) is 18.9 Å². The van der Waals surface area contributed by atoms with Gasteiger partial charge in [-0.15, -0.1) is 0 Å². The van der Waals surface area contributed by atoms with Crippen molar-refractivity contribution in [3.8, 4) is 0 Å². The van der Waals surface area contributed by atoms with Gasteiger partial charge in [-0.3, -0.25) is 9.59 Å². The maximum absolute atomic E-state index is 11.6. The molecule has 0 rings (SSSR count). The van der Waals surface area contributed by atoms with Crippen LogP contribution in [0.25, 0.3) is 0 Å². The molecular weight excluding hydrogens is 416 g/mol. The summed E-state index contributed by atoms with van der Waals surface area (Å²) < 4.78 is 16.3. The smallest absolute Gasteiger partial charge is 0.306 e. The van der Waals surface area contributed by atoms with Gasteiger partial charge in [0.15, 0.2) is 0 Å². The molecule has 0 aliphatic rings. The monoisotopic (exact) mass is 466 g/mol. The number of unbranched alkanes of at least 4 members (excludes halogenated alkanes) is 10. The van der Waals surface area contributed by atoms with Crippen molar-refractivity contribution in [2.24, 2.45) is 5.92 Å². The Labute approximate surface area is 203 Å². The van der Waals surface area contributed by atoms with Crippen molar-refractivity contribution < 1.29 is 23.8 Å². The predicted molar refractivity (Wildman–Crippen MR) is 136 cm³/mol. The number of hydrogen-bond donors (Lipinski definition) is 0. The Hall–Kier alpha value is -1.62. The van der Waals surface area contributed by atoms with Gasteiger partial charge in [-0.1, -0.05) is 90.7 Å². The fraction of sp³-hybridized carbons (Fsp3) is 0.786. The minimum Gasteiger partial charge on any atom is -0.467 e. The molecular formula is C28H50O5. The summed E-state index contributed by atoms with van der Waals surface area (Å²) in [7, 11) is 0. The van der Waals surface area contributed by atoms with E-state index in [1.54, 1.807) is 0 Å². The summed E-state index contributed by atoms with van der Waals surface area (Å²) in [4.78, 5) is 22.4. The normalized spacial score (nSPS) is 12.8. The van der Waals surface area contributed by atoms with E-state index in [-0.39, 0.29) is 18.5 Å². The number of carbonyl (C=O) groups excluding carboxylic acids is 2. The van der Waals surface area contributed by atoms with Crippen molar-refractivity contribution in [2.75, 3.05) is 26.4 Å². The Bertz CT molecular complexity index is 512. The molecule has 1 atom stereocenters. The van der Waals surface area contributed by atoms with E-state index in [1.807, 2.05) is 19.1 Å². The van der Waals surface area contributed by atoms with E-state index in [2.05, 4.69) is 19.9 Å². The minimum atomic E-state index is -0.176. The van der Waals surface area contributed by atoms with Gasteiger partial charge in [0.25, 0.3) is 6.47 Å². The number of hydrogen-bond acceptors (Lipinski definition) is 5. The first kappa shape index (κ1) is 31.4. The van der Waals surface area contributed by atoms with E-state index < -0.39 is 0 Å². The first-order valence-electron chi connectivity index (χ1n) is 13.3. The zero-order chi connectivity index (χ0) is 24.4. The average Bonchev–Trinajstić information content (AvgIpc) is 2.81. The van der Waals surface area contributed by atoms with Crippen LogP contribution in [0.3, 0.4) is 0 Å². The van der Waals surface area contributed by atoms with Gasteiger partial charge in [0.1, 0.15) is 13.2 Å². The molecule has 1 unspecified atom stereocenters. The zero-order valence-electron chi connectivity index (χ0n) is 21.7. The lowest BCUT2D eigenvalue weighted by Gasteiger charge is -2.18. The summed E-state index contributed by atoms with van der Waals surface area (Å²) in [5.74, 6) is -0.196. The topological polar surface area (TPSA) is 61.8 Å². The number of carbonyl (C=O) groups is 2. The fourth-order valence-corrected chi connectivity index (χ4v) is 3.60. The third-order valence-electron chi connectivity index (χ3n) is 5.59. The molecule has 0 fully saturated rings. The summed E-state index contributed by atoms with van der Waals surface area (Å²) in [5.41, 5.74) is 1.08. The molecule has 0 aliphatic carbocycles. The third kappa shape index (κ3) is 20.7. The Morgan fingerprint density at radius 1 is 0.818 bits per heavy atom. The minimum absolute atomic E-state index is 0.0199. The van der Waals surface area contributed by atoms with E-state index in [4.69, 9.17) is 14.2 Å². The molecule has 0 saturated carbocycles. The highest BCUT2D eigenvalue weighted by molar-refractivity contribution is 5.69. The Morgan fingerprint density at radius 2 is 1.48 bits per heavy atom. The van der Waals surface area contributed by atoms with Gasteiger partial charge < -0.3 is 14.2 Å². The van der Waals surface area contributed by atoms with E-state index >= 15 is 0 Å². The fourth-order valence-electron chi connectivity index (χ4n) is 3.60. The molecule has 0 aliphatic heterocycles. The maximum atomic E-state index is 11.6. The first-order valence-corrected chi connectivity index (χ1v) is 13.3. The second-order valence-electron chi connectivity index (χ2n) is 8.71. The molecule has 0 saturated heterocycles. The maximum Gasteiger partial charge on any atom is 0.306 e. The summed E-state index contributed by atoms with van der Waals surface area (Å²) in [6.45, 7) is 8.68. The Balaban J connectivity index is 4.62. The number of allylic oxidation sites excluding steroid dienone is 2. The lowest BCUT2D eigenvalue weighted by atomic mass is 9.98. The summed E-state index contributed by atoms with van der Waals surface area (Å²) in [5, 5.41) is 0. The second kappa shape index (κ2) is 25.0. The first-order chi connectivity index (χ1) is 16.2.